The minimum absolute atomic E-state index is 0.0868. The minimum atomic E-state index is -3.88. The monoisotopic (exact) mass is 591 g/mol. The predicted octanol–water partition coefficient (Wildman–Crippen LogP) is 4.85. The maximum atomic E-state index is 13.5. The molecule has 0 aromatic heterocycles. The van der Waals surface area contributed by atoms with Crippen molar-refractivity contribution in [3.63, 3.8) is 0 Å². The Hall–Kier alpha value is -1.81. The first-order valence-electron chi connectivity index (χ1n) is 10.4. The van der Waals surface area contributed by atoms with Gasteiger partial charge in [-0.1, -0.05) is 51.3 Å². The van der Waals surface area contributed by atoms with Crippen LogP contribution in [-0.2, 0) is 26.2 Å². The van der Waals surface area contributed by atoms with Crippen molar-refractivity contribution < 1.29 is 18.0 Å². The number of benzene rings is 2. The molecule has 0 heterocycles. The summed E-state index contributed by atoms with van der Waals surface area (Å²) in [6.45, 7) is 6.70. The van der Waals surface area contributed by atoms with Crippen LogP contribution < -0.4 is 9.62 Å². The van der Waals surface area contributed by atoms with E-state index in [1.165, 1.54) is 23.1 Å². The van der Waals surface area contributed by atoms with E-state index >= 15 is 0 Å². The van der Waals surface area contributed by atoms with E-state index in [0.717, 1.165) is 20.6 Å². The van der Waals surface area contributed by atoms with Crippen LogP contribution in [0.15, 0.2) is 46.9 Å². The topological polar surface area (TPSA) is 86.8 Å². The number of halogens is 3. The third-order valence-electron chi connectivity index (χ3n) is 4.79. The molecule has 0 fully saturated rings. The number of hydrogen-bond acceptors (Lipinski definition) is 4. The Labute approximate surface area is 219 Å². The zero-order valence-corrected chi connectivity index (χ0v) is 23.5. The van der Waals surface area contributed by atoms with Crippen molar-refractivity contribution in [1.82, 2.24) is 10.2 Å². The summed E-state index contributed by atoms with van der Waals surface area (Å²) in [5, 5.41) is 3.29. The third kappa shape index (κ3) is 8.15. The van der Waals surface area contributed by atoms with E-state index in [9.17, 15) is 18.0 Å². The molecule has 0 aliphatic carbocycles. The molecule has 2 amide bonds. The van der Waals surface area contributed by atoms with Crippen molar-refractivity contribution >= 4 is 66.7 Å². The van der Waals surface area contributed by atoms with Gasteiger partial charge >= 0.3 is 0 Å². The molecular weight excluding hydrogens is 565 g/mol. The highest BCUT2D eigenvalue weighted by molar-refractivity contribution is 9.10. The molecule has 0 bridgehead atoms. The number of rotatable bonds is 8. The number of carbonyl (C=O) groups excluding carboxylic acids is 2. The summed E-state index contributed by atoms with van der Waals surface area (Å²) in [6, 6.07) is 10.8. The van der Waals surface area contributed by atoms with Gasteiger partial charge in [-0.05, 0) is 63.6 Å². The Kier molecular flexibility index (Phi) is 9.44. The number of nitrogens with one attached hydrogen (secondary N) is 1. The average molecular weight is 593 g/mol. The van der Waals surface area contributed by atoms with Gasteiger partial charge in [-0.15, -0.1) is 0 Å². The molecule has 2 aromatic rings. The molecular formula is C23H28BrCl2N3O4S. The fraction of sp³-hybridized carbons (Fsp3) is 0.391. The smallest absolute Gasteiger partial charge is 0.244 e. The summed E-state index contributed by atoms with van der Waals surface area (Å²) in [5.74, 6) is -0.913. The highest BCUT2D eigenvalue weighted by Gasteiger charge is 2.32. The lowest BCUT2D eigenvalue weighted by molar-refractivity contribution is -0.140. The molecule has 7 nitrogen and oxygen atoms in total. The largest absolute Gasteiger partial charge is 0.350 e. The van der Waals surface area contributed by atoms with E-state index < -0.39 is 34.1 Å². The average Bonchev–Trinajstić information content (AvgIpc) is 2.69. The van der Waals surface area contributed by atoms with E-state index in [1.54, 1.807) is 6.92 Å². The molecule has 34 heavy (non-hydrogen) atoms. The molecule has 2 aromatic carbocycles. The maximum absolute atomic E-state index is 13.5. The van der Waals surface area contributed by atoms with Gasteiger partial charge < -0.3 is 10.2 Å². The second-order valence-corrected chi connectivity index (χ2v) is 12.6. The van der Waals surface area contributed by atoms with Gasteiger partial charge in [0.1, 0.15) is 12.6 Å². The molecule has 1 N–H and O–H groups in total. The zero-order valence-electron chi connectivity index (χ0n) is 19.6. The first-order valence-corrected chi connectivity index (χ1v) is 13.8. The van der Waals surface area contributed by atoms with Crippen molar-refractivity contribution in [3.05, 3.63) is 62.5 Å². The molecule has 186 valence electrons. The third-order valence-corrected chi connectivity index (χ3v) is 6.98. The van der Waals surface area contributed by atoms with Crippen LogP contribution in [0.3, 0.4) is 0 Å². The first kappa shape index (κ1) is 28.4. The Morgan fingerprint density at radius 1 is 1.09 bits per heavy atom. The highest BCUT2D eigenvalue weighted by atomic mass is 79.9. The van der Waals surface area contributed by atoms with Gasteiger partial charge in [-0.2, -0.15) is 0 Å². The van der Waals surface area contributed by atoms with Gasteiger partial charge in [0.05, 0.1) is 17.0 Å². The Morgan fingerprint density at radius 2 is 1.68 bits per heavy atom. The number of carbonyl (C=O) groups is 2. The Morgan fingerprint density at radius 3 is 2.18 bits per heavy atom. The van der Waals surface area contributed by atoms with Gasteiger partial charge in [-0.25, -0.2) is 8.42 Å². The van der Waals surface area contributed by atoms with Gasteiger partial charge in [0.2, 0.25) is 21.8 Å². The van der Waals surface area contributed by atoms with Crippen LogP contribution >= 0.6 is 39.1 Å². The van der Waals surface area contributed by atoms with E-state index in [1.807, 2.05) is 45.0 Å². The molecule has 1 atom stereocenters. The fourth-order valence-corrected chi connectivity index (χ4v) is 4.81. The van der Waals surface area contributed by atoms with Crippen LogP contribution in [0.2, 0.25) is 10.0 Å². The zero-order chi connectivity index (χ0) is 25.8. The number of nitrogens with zero attached hydrogens (tertiary/aromatic N) is 2. The molecule has 0 saturated carbocycles. The molecule has 0 unspecified atom stereocenters. The second kappa shape index (κ2) is 11.3. The summed E-state index contributed by atoms with van der Waals surface area (Å²) in [4.78, 5) is 27.8. The van der Waals surface area contributed by atoms with E-state index in [0.29, 0.717) is 5.02 Å². The second-order valence-electron chi connectivity index (χ2n) is 8.93. The number of anilines is 1. The molecule has 0 aliphatic heterocycles. The SMILES string of the molecule is C[C@@H](C(=O)NC(C)(C)C)N(Cc1ccc(Br)cc1)C(=O)CN(c1ccc(Cl)cc1Cl)S(C)(=O)=O. The molecule has 0 radical (unpaired) electrons. The van der Waals surface area contributed by atoms with Crippen molar-refractivity contribution in [2.24, 2.45) is 0 Å². The van der Waals surface area contributed by atoms with Gasteiger partial charge in [0.15, 0.2) is 0 Å². The Balaban J connectivity index is 2.43. The maximum Gasteiger partial charge on any atom is 0.244 e. The fourth-order valence-electron chi connectivity index (χ4n) is 3.12. The minimum Gasteiger partial charge on any atom is -0.350 e. The lowest BCUT2D eigenvalue weighted by Gasteiger charge is -2.33. The van der Waals surface area contributed by atoms with E-state index in [-0.39, 0.29) is 23.2 Å². The molecule has 0 spiro atoms. The normalized spacial score (nSPS) is 12.7. The van der Waals surface area contributed by atoms with Crippen LogP contribution in [0, 0.1) is 0 Å². The predicted molar refractivity (Wildman–Crippen MR) is 141 cm³/mol. The molecule has 11 heteroatoms. The highest BCUT2D eigenvalue weighted by Crippen LogP contribution is 2.30. The van der Waals surface area contributed by atoms with Crippen molar-refractivity contribution in [2.45, 2.75) is 45.8 Å². The molecule has 0 saturated heterocycles. The quantitative estimate of drug-likeness (QED) is 0.474. The standard InChI is InChI=1S/C23H28BrCl2N3O4S/c1-15(22(31)27-23(2,3)4)28(13-16-6-8-17(24)9-7-16)21(30)14-29(34(5,32)33)20-11-10-18(25)12-19(20)26/h6-12,15H,13-14H2,1-5H3,(H,27,31)/t15-/m0/s1. The summed E-state index contributed by atoms with van der Waals surface area (Å²) in [7, 11) is -3.88. The van der Waals surface area contributed by atoms with Crippen LogP contribution in [0.25, 0.3) is 0 Å². The molecule has 2 rings (SSSR count). The van der Waals surface area contributed by atoms with Crippen molar-refractivity contribution in [2.75, 3.05) is 17.1 Å². The Bertz CT molecular complexity index is 1150. The van der Waals surface area contributed by atoms with Gasteiger partial charge in [0, 0.05) is 21.6 Å². The van der Waals surface area contributed by atoms with Crippen molar-refractivity contribution in [3.8, 4) is 0 Å². The molecule has 0 aliphatic rings. The number of hydrogen-bond donors (Lipinski definition) is 1. The lowest BCUT2D eigenvalue weighted by atomic mass is 10.1. The van der Waals surface area contributed by atoms with Gasteiger partial charge in [-0.3, -0.25) is 13.9 Å². The summed E-state index contributed by atoms with van der Waals surface area (Å²) in [6.07, 6.45) is 0.986. The van der Waals surface area contributed by atoms with Crippen LogP contribution in [0.5, 0.6) is 0 Å². The van der Waals surface area contributed by atoms with Crippen LogP contribution in [-0.4, -0.2) is 49.5 Å². The summed E-state index contributed by atoms with van der Waals surface area (Å²) >= 11 is 15.6. The van der Waals surface area contributed by atoms with Crippen LogP contribution in [0.1, 0.15) is 33.3 Å². The number of amides is 2. The summed E-state index contributed by atoms with van der Waals surface area (Å²) in [5.41, 5.74) is 0.396. The van der Waals surface area contributed by atoms with Crippen molar-refractivity contribution in [1.29, 1.82) is 0 Å². The van der Waals surface area contributed by atoms with E-state index in [2.05, 4.69) is 21.2 Å². The number of sulfonamides is 1. The van der Waals surface area contributed by atoms with Crippen LogP contribution in [0.4, 0.5) is 5.69 Å². The lowest BCUT2D eigenvalue weighted by Crippen LogP contribution is -2.54. The summed E-state index contributed by atoms with van der Waals surface area (Å²) < 4.78 is 27.0. The first-order chi connectivity index (χ1) is 15.6. The van der Waals surface area contributed by atoms with Gasteiger partial charge in [0.25, 0.3) is 0 Å². The van der Waals surface area contributed by atoms with E-state index in [4.69, 9.17) is 23.2 Å².